The minimum absolute atomic E-state index is 0.355. The van der Waals surface area contributed by atoms with Crippen molar-refractivity contribution in [3.05, 3.63) is 42.5 Å². The lowest BCUT2D eigenvalue weighted by Crippen LogP contribution is -2.44. The normalized spacial score (nSPS) is 18.9. The van der Waals surface area contributed by atoms with Crippen LogP contribution in [-0.4, -0.2) is 37.3 Å². The summed E-state index contributed by atoms with van der Waals surface area (Å²) in [5.74, 6) is 0. The summed E-state index contributed by atoms with van der Waals surface area (Å²) in [7, 11) is 0. The van der Waals surface area contributed by atoms with E-state index in [2.05, 4.69) is 53.4 Å². The molecule has 0 bridgehead atoms. The van der Waals surface area contributed by atoms with Gasteiger partial charge in [0.15, 0.2) is 0 Å². The number of nitrogens with one attached hydrogen (secondary N) is 1. The monoisotopic (exact) mass is 248 g/mol. The highest BCUT2D eigenvalue weighted by atomic mass is 32.2. The topological polar surface area (TPSA) is 15.3 Å². The Morgan fingerprint density at radius 3 is 2.47 bits per heavy atom. The summed E-state index contributed by atoms with van der Waals surface area (Å²) in [6.45, 7) is 8.34. The number of thioether (sulfide) groups is 1. The van der Waals surface area contributed by atoms with Gasteiger partial charge >= 0.3 is 0 Å². The van der Waals surface area contributed by atoms with Gasteiger partial charge in [0.2, 0.25) is 0 Å². The van der Waals surface area contributed by atoms with Crippen LogP contribution in [0.2, 0.25) is 0 Å². The SMILES string of the molecule is C=C[C@@H](c1ccc(SC)cc1)N1CCNCC1. The molecule has 0 aliphatic carbocycles. The Balaban J connectivity index is 2.12. The van der Waals surface area contributed by atoms with Crippen LogP contribution in [0.5, 0.6) is 0 Å². The Hall–Kier alpha value is -0.770. The molecule has 0 amide bonds. The number of benzene rings is 1. The van der Waals surface area contributed by atoms with E-state index in [9.17, 15) is 0 Å². The molecule has 1 fully saturated rings. The molecule has 2 rings (SSSR count). The lowest BCUT2D eigenvalue weighted by Gasteiger charge is -2.33. The third kappa shape index (κ3) is 3.12. The van der Waals surface area contributed by atoms with E-state index >= 15 is 0 Å². The number of hydrogen-bond acceptors (Lipinski definition) is 3. The van der Waals surface area contributed by atoms with Gasteiger partial charge in [0.1, 0.15) is 0 Å². The number of hydrogen-bond donors (Lipinski definition) is 1. The average Bonchev–Trinajstić information content (AvgIpc) is 2.42. The van der Waals surface area contributed by atoms with Gasteiger partial charge in [-0.1, -0.05) is 18.2 Å². The molecule has 1 aliphatic heterocycles. The minimum atomic E-state index is 0.355. The van der Waals surface area contributed by atoms with Gasteiger partial charge in [-0.25, -0.2) is 0 Å². The molecule has 1 N–H and O–H groups in total. The molecule has 0 aromatic heterocycles. The lowest BCUT2D eigenvalue weighted by molar-refractivity contribution is 0.203. The maximum Gasteiger partial charge on any atom is 0.0529 e. The summed E-state index contributed by atoms with van der Waals surface area (Å²) in [6, 6.07) is 9.19. The van der Waals surface area contributed by atoms with Crippen LogP contribution in [0, 0.1) is 0 Å². The highest BCUT2D eigenvalue weighted by molar-refractivity contribution is 7.98. The van der Waals surface area contributed by atoms with E-state index in [0.29, 0.717) is 6.04 Å². The van der Waals surface area contributed by atoms with E-state index in [-0.39, 0.29) is 0 Å². The zero-order valence-electron chi connectivity index (χ0n) is 10.4. The molecular formula is C14H20N2S. The predicted octanol–water partition coefficient (Wildman–Crippen LogP) is 2.54. The minimum Gasteiger partial charge on any atom is -0.314 e. The van der Waals surface area contributed by atoms with Crippen molar-refractivity contribution in [3.8, 4) is 0 Å². The van der Waals surface area contributed by atoms with Gasteiger partial charge in [0.05, 0.1) is 6.04 Å². The van der Waals surface area contributed by atoms with E-state index in [1.807, 2.05) is 0 Å². The van der Waals surface area contributed by atoms with Crippen LogP contribution in [0.15, 0.2) is 41.8 Å². The molecule has 0 unspecified atom stereocenters. The number of piperazine rings is 1. The van der Waals surface area contributed by atoms with Crippen LogP contribution in [0.1, 0.15) is 11.6 Å². The molecule has 1 aromatic rings. The first-order valence-electron chi connectivity index (χ1n) is 6.06. The first kappa shape index (κ1) is 12.7. The Kier molecular flexibility index (Phi) is 4.66. The van der Waals surface area contributed by atoms with Crippen LogP contribution in [0.4, 0.5) is 0 Å². The Bertz CT molecular complexity index is 355. The highest BCUT2D eigenvalue weighted by Gasteiger charge is 2.18. The molecule has 0 saturated carbocycles. The first-order chi connectivity index (χ1) is 8.35. The summed E-state index contributed by atoms with van der Waals surface area (Å²) >= 11 is 1.78. The van der Waals surface area contributed by atoms with Gasteiger partial charge < -0.3 is 5.32 Å². The van der Waals surface area contributed by atoms with Gasteiger partial charge in [-0.15, -0.1) is 18.3 Å². The number of rotatable bonds is 4. The molecule has 1 aliphatic rings. The van der Waals surface area contributed by atoms with Crippen LogP contribution >= 0.6 is 11.8 Å². The summed E-state index contributed by atoms with van der Waals surface area (Å²) in [5.41, 5.74) is 1.35. The summed E-state index contributed by atoms with van der Waals surface area (Å²) in [4.78, 5) is 3.80. The van der Waals surface area contributed by atoms with Gasteiger partial charge in [-0.05, 0) is 24.0 Å². The van der Waals surface area contributed by atoms with Crippen molar-refractivity contribution < 1.29 is 0 Å². The highest BCUT2D eigenvalue weighted by Crippen LogP contribution is 2.24. The van der Waals surface area contributed by atoms with Crippen LogP contribution in [0.25, 0.3) is 0 Å². The van der Waals surface area contributed by atoms with E-state index in [0.717, 1.165) is 26.2 Å². The molecule has 1 saturated heterocycles. The second-order valence-electron chi connectivity index (χ2n) is 4.24. The van der Waals surface area contributed by atoms with Crippen LogP contribution in [-0.2, 0) is 0 Å². The first-order valence-corrected chi connectivity index (χ1v) is 7.29. The fraction of sp³-hybridized carbons (Fsp3) is 0.429. The van der Waals surface area contributed by atoms with Gasteiger partial charge in [-0.2, -0.15) is 0 Å². The van der Waals surface area contributed by atoms with Crippen molar-refractivity contribution >= 4 is 11.8 Å². The molecule has 3 heteroatoms. The fourth-order valence-electron chi connectivity index (χ4n) is 2.26. The third-order valence-corrected chi connectivity index (χ3v) is 3.97. The maximum absolute atomic E-state index is 3.99. The van der Waals surface area contributed by atoms with E-state index in [4.69, 9.17) is 0 Å². The van der Waals surface area contributed by atoms with Crippen molar-refractivity contribution in [2.75, 3.05) is 32.4 Å². The van der Waals surface area contributed by atoms with Gasteiger partial charge in [0, 0.05) is 31.1 Å². The van der Waals surface area contributed by atoms with Gasteiger partial charge in [-0.3, -0.25) is 4.90 Å². The van der Waals surface area contributed by atoms with E-state index in [1.165, 1.54) is 10.5 Å². The Morgan fingerprint density at radius 1 is 1.29 bits per heavy atom. The van der Waals surface area contributed by atoms with Crippen molar-refractivity contribution in [2.45, 2.75) is 10.9 Å². The summed E-state index contributed by atoms with van der Waals surface area (Å²) in [6.07, 6.45) is 4.16. The lowest BCUT2D eigenvalue weighted by atomic mass is 10.0. The van der Waals surface area contributed by atoms with Crippen LogP contribution < -0.4 is 5.32 Å². The van der Waals surface area contributed by atoms with Crippen molar-refractivity contribution in [2.24, 2.45) is 0 Å². The van der Waals surface area contributed by atoms with Gasteiger partial charge in [0.25, 0.3) is 0 Å². The zero-order valence-corrected chi connectivity index (χ0v) is 11.2. The number of nitrogens with zero attached hydrogens (tertiary/aromatic N) is 1. The van der Waals surface area contributed by atoms with E-state index < -0.39 is 0 Å². The average molecular weight is 248 g/mol. The van der Waals surface area contributed by atoms with Crippen molar-refractivity contribution in [1.29, 1.82) is 0 Å². The third-order valence-electron chi connectivity index (χ3n) is 3.23. The summed E-state index contributed by atoms with van der Waals surface area (Å²) in [5, 5.41) is 3.38. The molecular weight excluding hydrogens is 228 g/mol. The molecule has 17 heavy (non-hydrogen) atoms. The smallest absolute Gasteiger partial charge is 0.0529 e. The standard InChI is InChI=1S/C14H20N2S/c1-3-14(16-10-8-15-9-11-16)12-4-6-13(17-2)7-5-12/h3-7,14-15H,1,8-11H2,2H3/t14-/m0/s1. The Morgan fingerprint density at radius 2 is 1.94 bits per heavy atom. The second kappa shape index (κ2) is 6.24. The fourth-order valence-corrected chi connectivity index (χ4v) is 2.67. The summed E-state index contributed by atoms with van der Waals surface area (Å²) < 4.78 is 0. The molecule has 1 heterocycles. The zero-order chi connectivity index (χ0) is 12.1. The largest absolute Gasteiger partial charge is 0.314 e. The molecule has 2 nitrogen and oxygen atoms in total. The van der Waals surface area contributed by atoms with Crippen molar-refractivity contribution in [1.82, 2.24) is 10.2 Å². The molecule has 92 valence electrons. The molecule has 1 atom stereocenters. The molecule has 1 aromatic carbocycles. The van der Waals surface area contributed by atoms with Crippen molar-refractivity contribution in [3.63, 3.8) is 0 Å². The predicted molar refractivity (Wildman–Crippen MR) is 75.6 cm³/mol. The van der Waals surface area contributed by atoms with Crippen LogP contribution in [0.3, 0.4) is 0 Å². The Labute approximate surface area is 108 Å². The quantitative estimate of drug-likeness (QED) is 0.651. The van der Waals surface area contributed by atoms with E-state index in [1.54, 1.807) is 11.8 Å². The molecule has 0 radical (unpaired) electrons. The maximum atomic E-state index is 3.99. The second-order valence-corrected chi connectivity index (χ2v) is 5.12. The molecule has 0 spiro atoms.